The van der Waals surface area contributed by atoms with E-state index in [2.05, 4.69) is 46.7 Å². The molecule has 0 saturated carbocycles. The molecule has 2 aromatic carbocycles. The maximum absolute atomic E-state index is 13.1. The fraction of sp³-hybridized carbons (Fsp3) is 0.208. The van der Waals surface area contributed by atoms with Crippen LogP contribution in [0.2, 0.25) is 0 Å². The molecule has 1 aliphatic heterocycles. The number of nitrogens with one attached hydrogen (secondary N) is 1. The summed E-state index contributed by atoms with van der Waals surface area (Å²) < 4.78 is 1.75. The highest BCUT2D eigenvalue weighted by Gasteiger charge is 2.24. The number of thiophene rings is 1. The first-order valence-corrected chi connectivity index (χ1v) is 11.0. The highest BCUT2D eigenvalue weighted by Crippen LogP contribution is 2.38. The summed E-state index contributed by atoms with van der Waals surface area (Å²) in [6.45, 7) is 2.56. The topological polar surface area (TPSA) is 64.0 Å². The zero-order valence-corrected chi connectivity index (χ0v) is 17.3. The van der Waals surface area contributed by atoms with Gasteiger partial charge in [-0.2, -0.15) is 0 Å². The van der Waals surface area contributed by atoms with Crippen LogP contribution in [-0.2, 0) is 19.4 Å². The molecule has 1 aliphatic carbocycles. The third-order valence-corrected chi connectivity index (χ3v) is 7.35. The van der Waals surface area contributed by atoms with Crippen LogP contribution in [-0.4, -0.2) is 15.5 Å². The number of nitrogens with zero attached hydrogens (tertiary/aromatic N) is 2. The zero-order valence-electron chi connectivity index (χ0n) is 16.5. The van der Waals surface area contributed by atoms with E-state index in [1.165, 1.54) is 33.6 Å². The van der Waals surface area contributed by atoms with Crippen molar-refractivity contribution in [3.05, 3.63) is 80.2 Å². The van der Waals surface area contributed by atoms with Gasteiger partial charge in [-0.15, -0.1) is 11.3 Å². The summed E-state index contributed by atoms with van der Waals surface area (Å²) in [5.41, 5.74) is 6.51. The van der Waals surface area contributed by atoms with E-state index in [1.54, 1.807) is 4.57 Å². The molecule has 0 spiro atoms. The largest absolute Gasteiger partial charge is 0.321 e. The number of anilines is 1. The predicted molar refractivity (Wildman–Crippen MR) is 120 cm³/mol. The van der Waals surface area contributed by atoms with Gasteiger partial charge >= 0.3 is 0 Å². The summed E-state index contributed by atoms with van der Waals surface area (Å²) in [5, 5.41) is 3.61. The van der Waals surface area contributed by atoms with Gasteiger partial charge in [0, 0.05) is 18.7 Å². The van der Waals surface area contributed by atoms with Crippen LogP contribution in [0.5, 0.6) is 0 Å². The molecule has 0 fully saturated rings. The Bertz CT molecular complexity index is 1430. The number of amides is 1. The summed E-state index contributed by atoms with van der Waals surface area (Å²) in [4.78, 5) is 31.8. The molecular formula is C24H19N3O2S. The number of fused-ring (bicyclic) bond motifs is 5. The number of aromatic nitrogens is 2. The second-order valence-electron chi connectivity index (χ2n) is 7.98. The van der Waals surface area contributed by atoms with Gasteiger partial charge in [0.15, 0.2) is 0 Å². The third kappa shape index (κ3) is 2.50. The van der Waals surface area contributed by atoms with E-state index in [1.807, 2.05) is 13.0 Å². The van der Waals surface area contributed by atoms with Crippen molar-refractivity contribution in [3.8, 4) is 11.1 Å². The molecule has 2 aliphatic rings. The lowest BCUT2D eigenvalue weighted by Crippen LogP contribution is -2.20. The minimum atomic E-state index is -0.185. The van der Waals surface area contributed by atoms with Crippen LogP contribution in [0.3, 0.4) is 0 Å². The monoisotopic (exact) mass is 413 g/mol. The number of carbonyl (C=O) groups is 1. The first kappa shape index (κ1) is 17.6. The second-order valence-corrected chi connectivity index (χ2v) is 8.98. The van der Waals surface area contributed by atoms with Crippen LogP contribution < -0.4 is 10.9 Å². The van der Waals surface area contributed by atoms with Gasteiger partial charge in [0.1, 0.15) is 10.7 Å². The Morgan fingerprint density at radius 3 is 2.87 bits per heavy atom. The molecule has 0 saturated heterocycles. The van der Waals surface area contributed by atoms with Crippen molar-refractivity contribution >= 4 is 33.1 Å². The molecule has 4 aromatic rings. The summed E-state index contributed by atoms with van der Waals surface area (Å²) in [7, 11) is 0. The molecule has 0 bridgehead atoms. The molecule has 30 heavy (non-hydrogen) atoms. The summed E-state index contributed by atoms with van der Waals surface area (Å²) in [6.07, 6.45) is 2.65. The van der Waals surface area contributed by atoms with Crippen molar-refractivity contribution in [2.45, 2.75) is 32.7 Å². The molecule has 5 nitrogen and oxygen atoms in total. The maximum Gasteiger partial charge on any atom is 0.266 e. The standard InChI is InChI=1S/C24H19N3O2S/c1-13-20-23(26-19-7-4-10-27(19)24(20)29)30-21(13)22(28)25-16-8-9-18-15(12-16)11-14-5-2-3-6-17(14)18/h2-3,5-6,8-9,12H,4,7,10-11H2,1H3,(H,25,28). The highest BCUT2D eigenvalue weighted by atomic mass is 32.1. The van der Waals surface area contributed by atoms with E-state index in [4.69, 9.17) is 0 Å². The van der Waals surface area contributed by atoms with Crippen molar-refractivity contribution in [2.75, 3.05) is 5.32 Å². The number of rotatable bonds is 2. The van der Waals surface area contributed by atoms with E-state index in [-0.39, 0.29) is 11.5 Å². The predicted octanol–water partition coefficient (Wildman–Crippen LogP) is 4.54. The third-order valence-electron chi connectivity index (χ3n) is 6.17. The van der Waals surface area contributed by atoms with Crippen molar-refractivity contribution in [3.63, 3.8) is 0 Å². The quantitative estimate of drug-likeness (QED) is 0.462. The molecule has 0 radical (unpaired) electrons. The van der Waals surface area contributed by atoms with E-state index in [0.717, 1.165) is 36.3 Å². The van der Waals surface area contributed by atoms with Crippen LogP contribution in [0.4, 0.5) is 5.69 Å². The summed E-state index contributed by atoms with van der Waals surface area (Å²) in [5.74, 6) is 0.648. The number of hydrogen-bond donors (Lipinski definition) is 1. The molecule has 148 valence electrons. The van der Waals surface area contributed by atoms with Crippen molar-refractivity contribution in [1.82, 2.24) is 9.55 Å². The minimum Gasteiger partial charge on any atom is -0.321 e. The van der Waals surface area contributed by atoms with Crippen LogP contribution in [0.15, 0.2) is 47.3 Å². The molecule has 0 unspecified atom stereocenters. The first-order valence-electron chi connectivity index (χ1n) is 10.2. The van der Waals surface area contributed by atoms with Gasteiger partial charge in [-0.3, -0.25) is 14.2 Å². The van der Waals surface area contributed by atoms with Gasteiger partial charge in [0.25, 0.3) is 11.5 Å². The Kier molecular flexibility index (Phi) is 3.74. The second kappa shape index (κ2) is 6.37. The SMILES string of the molecule is Cc1c(C(=O)Nc2ccc3c(c2)Cc2ccccc2-3)sc2nc3n(c(=O)c12)CCC3. The molecule has 1 amide bonds. The maximum atomic E-state index is 13.1. The molecule has 3 heterocycles. The van der Waals surface area contributed by atoms with Crippen molar-refractivity contribution in [2.24, 2.45) is 0 Å². The normalized spacial score (nSPS) is 13.9. The average molecular weight is 414 g/mol. The number of carbonyl (C=O) groups excluding carboxylic acids is 1. The van der Waals surface area contributed by atoms with Gasteiger partial charge < -0.3 is 5.32 Å². The lowest BCUT2D eigenvalue weighted by molar-refractivity contribution is 0.103. The highest BCUT2D eigenvalue weighted by molar-refractivity contribution is 7.20. The van der Waals surface area contributed by atoms with Crippen molar-refractivity contribution in [1.29, 1.82) is 0 Å². The Balaban J connectivity index is 1.34. The van der Waals surface area contributed by atoms with Gasteiger partial charge in [-0.1, -0.05) is 30.3 Å². The van der Waals surface area contributed by atoms with Crippen LogP contribution in [0.1, 0.15) is 38.6 Å². The van der Waals surface area contributed by atoms with E-state index >= 15 is 0 Å². The van der Waals surface area contributed by atoms with Gasteiger partial charge in [0.05, 0.1) is 10.3 Å². The fourth-order valence-corrected chi connectivity index (χ4v) is 5.79. The summed E-state index contributed by atoms with van der Waals surface area (Å²) in [6, 6.07) is 14.5. The molecular weight excluding hydrogens is 394 g/mol. The minimum absolute atomic E-state index is 0.0180. The smallest absolute Gasteiger partial charge is 0.266 e. The lowest BCUT2D eigenvalue weighted by atomic mass is 10.1. The molecule has 0 atom stereocenters. The Labute approximate surface area is 177 Å². The molecule has 2 aromatic heterocycles. The van der Waals surface area contributed by atoms with Crippen LogP contribution >= 0.6 is 11.3 Å². The molecule has 6 heteroatoms. The van der Waals surface area contributed by atoms with E-state index in [9.17, 15) is 9.59 Å². The van der Waals surface area contributed by atoms with Gasteiger partial charge in [0.2, 0.25) is 0 Å². The Hall–Kier alpha value is -3.25. The van der Waals surface area contributed by atoms with E-state index in [0.29, 0.717) is 21.6 Å². The molecule has 6 rings (SSSR count). The Morgan fingerprint density at radius 2 is 1.97 bits per heavy atom. The lowest BCUT2D eigenvalue weighted by Gasteiger charge is -2.07. The van der Waals surface area contributed by atoms with E-state index < -0.39 is 0 Å². The fourth-order valence-electron chi connectivity index (χ4n) is 4.70. The molecule has 1 N–H and O–H groups in total. The number of aryl methyl sites for hydroxylation is 2. The Morgan fingerprint density at radius 1 is 1.13 bits per heavy atom. The van der Waals surface area contributed by atoms with Gasteiger partial charge in [-0.05, 0) is 59.7 Å². The first-order chi connectivity index (χ1) is 14.6. The zero-order chi connectivity index (χ0) is 20.4. The van der Waals surface area contributed by atoms with Gasteiger partial charge in [-0.25, -0.2) is 4.98 Å². The number of hydrogen-bond acceptors (Lipinski definition) is 4. The number of benzene rings is 2. The average Bonchev–Trinajstić information content (AvgIpc) is 3.43. The van der Waals surface area contributed by atoms with Crippen LogP contribution in [0.25, 0.3) is 21.3 Å². The summed E-state index contributed by atoms with van der Waals surface area (Å²) >= 11 is 1.31. The van der Waals surface area contributed by atoms with Crippen molar-refractivity contribution < 1.29 is 4.79 Å². The van der Waals surface area contributed by atoms with Crippen LogP contribution in [0, 0.1) is 6.92 Å².